The van der Waals surface area contributed by atoms with E-state index in [1.165, 1.54) is 4.68 Å². The van der Waals surface area contributed by atoms with Gasteiger partial charge < -0.3 is 4.74 Å². The first kappa shape index (κ1) is 14.7. The summed E-state index contributed by atoms with van der Waals surface area (Å²) in [6.07, 6.45) is 1.57. The van der Waals surface area contributed by atoms with Crippen LogP contribution in [0.3, 0.4) is 0 Å². The first-order chi connectivity index (χ1) is 11.3. The van der Waals surface area contributed by atoms with Crippen LogP contribution in [0.5, 0.6) is 5.75 Å². The summed E-state index contributed by atoms with van der Waals surface area (Å²) in [6, 6.07) is 14.8. The number of ether oxygens (including phenoxy) is 1. The van der Waals surface area contributed by atoms with E-state index in [9.17, 15) is 4.79 Å². The summed E-state index contributed by atoms with van der Waals surface area (Å²) in [5, 5.41) is 11.9. The van der Waals surface area contributed by atoms with Gasteiger partial charge in [-0.25, -0.2) is 10.1 Å². The largest absolute Gasteiger partial charge is 0.497 e. The molecule has 0 atom stereocenters. The number of hydrogen-bond acceptors (Lipinski definition) is 5. The number of para-hydroxylation sites is 1. The number of aromatic nitrogens is 3. The fraction of sp³-hybridized carbons (Fsp3) is 0.125. The van der Waals surface area contributed by atoms with Crippen molar-refractivity contribution < 1.29 is 9.53 Å². The van der Waals surface area contributed by atoms with Crippen LogP contribution >= 0.6 is 0 Å². The van der Waals surface area contributed by atoms with Crippen LogP contribution in [0.15, 0.2) is 53.6 Å². The normalized spacial score (nSPS) is 11.0. The zero-order chi connectivity index (χ0) is 16.1. The molecular formula is C16H15N5O2. The molecule has 0 unspecified atom stereocenters. The summed E-state index contributed by atoms with van der Waals surface area (Å²) < 4.78 is 6.61. The Bertz CT molecular complexity index is 839. The van der Waals surface area contributed by atoms with Gasteiger partial charge in [0.1, 0.15) is 17.8 Å². The van der Waals surface area contributed by atoms with Crippen molar-refractivity contribution in [3.63, 3.8) is 0 Å². The van der Waals surface area contributed by atoms with E-state index in [0.717, 1.165) is 22.3 Å². The number of hydrogen-bond donors (Lipinski definition) is 1. The Balaban J connectivity index is 1.59. The SMILES string of the molecule is COc1ccc(C=NNC(=O)Cn2nnc3ccccc32)cc1. The molecule has 1 N–H and O–H groups in total. The minimum absolute atomic E-state index is 0.0560. The standard InChI is InChI=1S/C16H15N5O2/c1-23-13-8-6-12(7-9-13)10-17-19-16(22)11-21-15-5-3-2-4-14(15)18-20-21/h2-10H,11H2,1H3,(H,19,22). The van der Waals surface area contributed by atoms with Gasteiger partial charge in [-0.15, -0.1) is 5.10 Å². The average Bonchev–Trinajstić information content (AvgIpc) is 2.99. The molecule has 7 nitrogen and oxygen atoms in total. The molecule has 1 amide bonds. The van der Waals surface area contributed by atoms with Crippen LogP contribution in [0.1, 0.15) is 5.56 Å². The fourth-order valence-corrected chi connectivity index (χ4v) is 2.07. The van der Waals surface area contributed by atoms with Gasteiger partial charge in [-0.2, -0.15) is 5.10 Å². The number of amides is 1. The Hall–Kier alpha value is -3.22. The Kier molecular flexibility index (Phi) is 4.28. The zero-order valence-electron chi connectivity index (χ0n) is 12.5. The third-order valence-electron chi connectivity index (χ3n) is 3.23. The number of fused-ring (bicyclic) bond motifs is 1. The highest BCUT2D eigenvalue weighted by molar-refractivity contribution is 5.83. The Morgan fingerprint density at radius 1 is 1.26 bits per heavy atom. The van der Waals surface area contributed by atoms with Gasteiger partial charge in [0.25, 0.3) is 5.91 Å². The van der Waals surface area contributed by atoms with Crippen molar-refractivity contribution in [1.82, 2.24) is 20.4 Å². The highest BCUT2D eigenvalue weighted by Gasteiger charge is 2.07. The highest BCUT2D eigenvalue weighted by atomic mass is 16.5. The summed E-state index contributed by atoms with van der Waals surface area (Å²) in [5.74, 6) is 0.495. The molecule has 0 saturated heterocycles. The van der Waals surface area contributed by atoms with Crippen molar-refractivity contribution >= 4 is 23.2 Å². The van der Waals surface area contributed by atoms with Crippen molar-refractivity contribution in [3.8, 4) is 5.75 Å². The third-order valence-corrected chi connectivity index (χ3v) is 3.23. The minimum Gasteiger partial charge on any atom is -0.497 e. The molecule has 23 heavy (non-hydrogen) atoms. The third kappa shape index (κ3) is 3.52. The van der Waals surface area contributed by atoms with E-state index in [1.807, 2.05) is 48.5 Å². The Morgan fingerprint density at radius 2 is 2.04 bits per heavy atom. The second kappa shape index (κ2) is 6.69. The van der Waals surface area contributed by atoms with Gasteiger partial charge in [0, 0.05) is 0 Å². The van der Waals surface area contributed by atoms with Crippen LogP contribution < -0.4 is 10.2 Å². The summed E-state index contributed by atoms with van der Waals surface area (Å²) in [7, 11) is 1.61. The van der Waals surface area contributed by atoms with E-state index in [2.05, 4.69) is 20.8 Å². The lowest BCUT2D eigenvalue weighted by atomic mass is 10.2. The molecule has 0 aliphatic rings. The van der Waals surface area contributed by atoms with E-state index in [4.69, 9.17) is 4.74 Å². The predicted molar refractivity (Wildman–Crippen MR) is 86.3 cm³/mol. The molecule has 2 aromatic carbocycles. The van der Waals surface area contributed by atoms with Crippen LogP contribution in [0.25, 0.3) is 11.0 Å². The van der Waals surface area contributed by atoms with Crippen molar-refractivity contribution in [1.29, 1.82) is 0 Å². The molecule has 1 aromatic heterocycles. The average molecular weight is 309 g/mol. The maximum atomic E-state index is 11.9. The lowest BCUT2D eigenvalue weighted by Crippen LogP contribution is -2.23. The van der Waals surface area contributed by atoms with Gasteiger partial charge in [-0.1, -0.05) is 17.3 Å². The number of carbonyl (C=O) groups is 1. The molecule has 116 valence electrons. The summed E-state index contributed by atoms with van der Waals surface area (Å²) in [6.45, 7) is 0.0560. The van der Waals surface area contributed by atoms with Crippen LogP contribution in [0.2, 0.25) is 0 Å². The van der Waals surface area contributed by atoms with Gasteiger partial charge in [-0.3, -0.25) is 4.79 Å². The van der Waals surface area contributed by atoms with E-state index in [1.54, 1.807) is 13.3 Å². The number of methoxy groups -OCH3 is 1. The van der Waals surface area contributed by atoms with Gasteiger partial charge >= 0.3 is 0 Å². The fourth-order valence-electron chi connectivity index (χ4n) is 2.07. The van der Waals surface area contributed by atoms with E-state index < -0.39 is 0 Å². The maximum Gasteiger partial charge on any atom is 0.261 e. The maximum absolute atomic E-state index is 11.9. The molecule has 0 aliphatic heterocycles. The molecule has 0 radical (unpaired) electrons. The second-order valence-corrected chi connectivity index (χ2v) is 4.80. The van der Waals surface area contributed by atoms with E-state index >= 15 is 0 Å². The monoisotopic (exact) mass is 309 g/mol. The summed E-state index contributed by atoms with van der Waals surface area (Å²) in [5.41, 5.74) is 4.89. The first-order valence-corrected chi connectivity index (χ1v) is 7.00. The molecule has 1 heterocycles. The van der Waals surface area contributed by atoms with Crippen molar-refractivity contribution in [3.05, 3.63) is 54.1 Å². The number of rotatable bonds is 5. The second-order valence-electron chi connectivity index (χ2n) is 4.80. The molecule has 0 bridgehead atoms. The van der Waals surface area contributed by atoms with Crippen LogP contribution in [0, 0.1) is 0 Å². The zero-order valence-corrected chi connectivity index (χ0v) is 12.5. The predicted octanol–water partition coefficient (Wildman–Crippen LogP) is 1.59. The lowest BCUT2D eigenvalue weighted by Gasteiger charge is -2.01. The molecule has 0 fully saturated rings. The first-order valence-electron chi connectivity index (χ1n) is 7.00. The molecule has 0 spiro atoms. The lowest BCUT2D eigenvalue weighted by molar-refractivity contribution is -0.121. The molecule has 3 aromatic rings. The summed E-state index contributed by atoms with van der Waals surface area (Å²) >= 11 is 0. The highest BCUT2D eigenvalue weighted by Crippen LogP contribution is 2.10. The number of hydrazone groups is 1. The topological polar surface area (TPSA) is 81.4 Å². The van der Waals surface area contributed by atoms with Crippen molar-refractivity contribution in [2.24, 2.45) is 5.10 Å². The molecule has 7 heteroatoms. The number of nitrogens with one attached hydrogen (secondary N) is 1. The number of carbonyl (C=O) groups excluding carboxylic acids is 1. The van der Waals surface area contributed by atoms with E-state index in [-0.39, 0.29) is 12.5 Å². The van der Waals surface area contributed by atoms with Crippen LogP contribution in [0.4, 0.5) is 0 Å². The number of benzene rings is 2. The van der Waals surface area contributed by atoms with Gasteiger partial charge in [0.05, 0.1) is 18.8 Å². The molecule has 3 rings (SSSR count). The minimum atomic E-state index is -0.273. The number of nitrogens with zero attached hydrogens (tertiary/aromatic N) is 4. The molecular weight excluding hydrogens is 294 g/mol. The quantitative estimate of drug-likeness (QED) is 0.573. The van der Waals surface area contributed by atoms with E-state index in [0.29, 0.717) is 0 Å². The molecule has 0 aliphatic carbocycles. The Morgan fingerprint density at radius 3 is 2.83 bits per heavy atom. The van der Waals surface area contributed by atoms with Crippen LogP contribution in [-0.4, -0.2) is 34.2 Å². The van der Waals surface area contributed by atoms with Gasteiger partial charge in [0.2, 0.25) is 0 Å². The van der Waals surface area contributed by atoms with Crippen LogP contribution in [-0.2, 0) is 11.3 Å². The smallest absolute Gasteiger partial charge is 0.261 e. The van der Waals surface area contributed by atoms with Crippen molar-refractivity contribution in [2.75, 3.05) is 7.11 Å². The van der Waals surface area contributed by atoms with Gasteiger partial charge in [0.15, 0.2) is 0 Å². The molecule has 0 saturated carbocycles. The summed E-state index contributed by atoms with van der Waals surface area (Å²) in [4.78, 5) is 11.9. The van der Waals surface area contributed by atoms with Gasteiger partial charge in [-0.05, 0) is 42.0 Å². The Labute approximate surface area is 132 Å². The van der Waals surface area contributed by atoms with Crippen molar-refractivity contribution in [2.45, 2.75) is 6.54 Å².